The van der Waals surface area contributed by atoms with E-state index in [1.165, 1.54) is 19.4 Å². The van der Waals surface area contributed by atoms with Gasteiger partial charge in [-0.25, -0.2) is 9.97 Å². The predicted octanol–water partition coefficient (Wildman–Crippen LogP) is 2.16. The molecule has 9 heteroatoms. The largest absolute Gasteiger partial charge is 0.493 e. The maximum absolute atomic E-state index is 9.11. The van der Waals surface area contributed by atoms with Crippen molar-refractivity contribution in [3.05, 3.63) is 48.3 Å². The van der Waals surface area contributed by atoms with Crippen molar-refractivity contribution in [2.45, 2.75) is 0 Å². The van der Waals surface area contributed by atoms with Crippen LogP contribution < -0.4 is 19.9 Å². The van der Waals surface area contributed by atoms with Crippen LogP contribution in [0.25, 0.3) is 11.4 Å². The second-order valence-corrected chi connectivity index (χ2v) is 5.43. The number of nitrogens with zero attached hydrogens (tertiary/aromatic N) is 4. The number of benzene rings is 1. The van der Waals surface area contributed by atoms with E-state index in [1.807, 2.05) is 6.07 Å². The number of ether oxygens (including phenoxy) is 3. The summed E-state index contributed by atoms with van der Waals surface area (Å²) in [6.07, 6.45) is 1.47. The topological polar surface area (TPSA) is 136 Å². The number of rotatable bonds is 7. The van der Waals surface area contributed by atoms with Gasteiger partial charge in [-0.05, 0) is 24.3 Å². The lowest BCUT2D eigenvalue weighted by molar-refractivity contribution is 0.192. The average molecular weight is 379 g/mol. The van der Waals surface area contributed by atoms with Crippen molar-refractivity contribution in [3.63, 3.8) is 0 Å². The molecule has 142 valence electrons. The summed E-state index contributed by atoms with van der Waals surface area (Å²) >= 11 is 0. The smallest absolute Gasteiger partial charge is 0.263 e. The van der Waals surface area contributed by atoms with Crippen LogP contribution in [-0.2, 0) is 0 Å². The molecule has 0 aliphatic rings. The van der Waals surface area contributed by atoms with Crippen molar-refractivity contribution >= 4 is 5.82 Å². The zero-order valence-corrected chi connectivity index (χ0v) is 15.0. The minimum absolute atomic E-state index is 0.0159. The van der Waals surface area contributed by atoms with Gasteiger partial charge in [0.2, 0.25) is 5.75 Å². The van der Waals surface area contributed by atoms with Gasteiger partial charge in [-0.3, -0.25) is 0 Å². The number of hydrogen-bond donors (Lipinski definition) is 2. The van der Waals surface area contributed by atoms with E-state index in [-0.39, 0.29) is 42.2 Å². The van der Waals surface area contributed by atoms with Crippen molar-refractivity contribution in [3.8, 4) is 40.6 Å². The van der Waals surface area contributed by atoms with Crippen LogP contribution in [0.4, 0.5) is 5.82 Å². The molecular weight excluding hydrogens is 362 g/mol. The minimum atomic E-state index is -0.221. The molecule has 0 aliphatic carbocycles. The van der Waals surface area contributed by atoms with Crippen LogP contribution in [0.2, 0.25) is 0 Å². The molecular formula is C19H17N5O4. The van der Waals surface area contributed by atoms with Crippen LogP contribution in [0.1, 0.15) is 5.69 Å². The molecule has 0 amide bonds. The lowest BCUT2D eigenvalue weighted by Crippen LogP contribution is -2.08. The highest BCUT2D eigenvalue weighted by molar-refractivity contribution is 5.64. The molecule has 9 nitrogen and oxygen atoms in total. The number of aliphatic hydroxyl groups excluding tert-OH is 1. The third kappa shape index (κ3) is 4.08. The Morgan fingerprint density at radius 2 is 1.96 bits per heavy atom. The maximum Gasteiger partial charge on any atom is 0.263 e. The number of nitrogen functional groups attached to an aromatic ring is 1. The van der Waals surface area contributed by atoms with Crippen LogP contribution in [-0.4, -0.2) is 40.4 Å². The second-order valence-electron chi connectivity index (χ2n) is 5.43. The number of nitriles is 1. The van der Waals surface area contributed by atoms with Gasteiger partial charge in [-0.2, -0.15) is 10.2 Å². The molecule has 0 saturated carbocycles. The maximum atomic E-state index is 9.11. The summed E-state index contributed by atoms with van der Waals surface area (Å²) in [5, 5.41) is 18.1. The van der Waals surface area contributed by atoms with Crippen LogP contribution in [0, 0.1) is 11.3 Å². The fraction of sp³-hybridized carbons (Fsp3) is 0.158. The summed E-state index contributed by atoms with van der Waals surface area (Å²) in [6.45, 7) is -0.237. The Bertz CT molecular complexity index is 1020. The van der Waals surface area contributed by atoms with Gasteiger partial charge >= 0.3 is 0 Å². The molecule has 0 radical (unpaired) electrons. The highest BCUT2D eigenvalue weighted by Gasteiger charge is 2.19. The van der Waals surface area contributed by atoms with Crippen LogP contribution >= 0.6 is 0 Å². The molecule has 0 bridgehead atoms. The number of para-hydroxylation sites is 2. The monoisotopic (exact) mass is 379 g/mol. The SMILES string of the molecule is COc1ccccc1Oc1c(N)nc(-c2ccnc(C#N)c2)nc1OCCO. The number of pyridine rings is 1. The highest BCUT2D eigenvalue weighted by atomic mass is 16.5. The van der Waals surface area contributed by atoms with Crippen molar-refractivity contribution in [2.75, 3.05) is 26.1 Å². The first-order valence-corrected chi connectivity index (χ1v) is 8.24. The number of methoxy groups -OCH3 is 1. The molecule has 0 atom stereocenters. The van der Waals surface area contributed by atoms with Gasteiger partial charge in [-0.1, -0.05) is 12.1 Å². The Labute approximate surface area is 161 Å². The summed E-state index contributed by atoms with van der Waals surface area (Å²) in [4.78, 5) is 12.5. The zero-order chi connectivity index (χ0) is 19.9. The summed E-state index contributed by atoms with van der Waals surface area (Å²) in [5.41, 5.74) is 6.85. The third-order valence-electron chi connectivity index (χ3n) is 3.60. The van der Waals surface area contributed by atoms with E-state index in [4.69, 9.17) is 30.3 Å². The molecule has 0 unspecified atom stereocenters. The van der Waals surface area contributed by atoms with Crippen molar-refractivity contribution in [1.82, 2.24) is 15.0 Å². The van der Waals surface area contributed by atoms with Crippen molar-refractivity contribution in [2.24, 2.45) is 0 Å². The molecule has 2 heterocycles. The number of anilines is 1. The van der Waals surface area contributed by atoms with E-state index in [0.717, 1.165) is 0 Å². The van der Waals surface area contributed by atoms with Gasteiger partial charge in [0.1, 0.15) is 18.4 Å². The fourth-order valence-corrected chi connectivity index (χ4v) is 2.36. The number of nitrogens with two attached hydrogens (primary N) is 1. The summed E-state index contributed by atoms with van der Waals surface area (Å²) in [6, 6.07) is 12.1. The van der Waals surface area contributed by atoms with Crippen molar-refractivity contribution in [1.29, 1.82) is 5.26 Å². The molecule has 2 aromatic heterocycles. The van der Waals surface area contributed by atoms with Crippen LogP contribution in [0.5, 0.6) is 23.1 Å². The standard InChI is InChI=1S/C19H17N5O4/c1-26-14-4-2-3-5-15(14)28-16-17(21)23-18(24-19(16)27-9-8-25)12-6-7-22-13(10-12)11-20/h2-7,10,25H,8-9H2,1H3,(H2,21,23,24). The summed E-state index contributed by atoms with van der Waals surface area (Å²) in [5.74, 6) is 1.30. The van der Waals surface area contributed by atoms with E-state index >= 15 is 0 Å². The number of aromatic nitrogens is 3. The van der Waals surface area contributed by atoms with Gasteiger partial charge in [0.25, 0.3) is 5.88 Å². The van der Waals surface area contributed by atoms with Crippen LogP contribution in [0.15, 0.2) is 42.6 Å². The van der Waals surface area contributed by atoms with Gasteiger partial charge < -0.3 is 25.1 Å². The zero-order valence-electron chi connectivity index (χ0n) is 15.0. The van der Waals surface area contributed by atoms with E-state index in [0.29, 0.717) is 17.1 Å². The first-order chi connectivity index (χ1) is 13.7. The summed E-state index contributed by atoms with van der Waals surface area (Å²) < 4.78 is 16.6. The van der Waals surface area contributed by atoms with E-state index < -0.39 is 0 Å². The quantitative estimate of drug-likeness (QED) is 0.632. The molecule has 0 saturated heterocycles. The minimum Gasteiger partial charge on any atom is -0.493 e. The van der Waals surface area contributed by atoms with Gasteiger partial charge in [0.15, 0.2) is 23.1 Å². The fourth-order valence-electron chi connectivity index (χ4n) is 2.36. The molecule has 3 aromatic rings. The molecule has 28 heavy (non-hydrogen) atoms. The van der Waals surface area contributed by atoms with Gasteiger partial charge in [0, 0.05) is 11.8 Å². The number of hydrogen-bond acceptors (Lipinski definition) is 9. The predicted molar refractivity (Wildman–Crippen MR) is 100 cm³/mol. The molecule has 0 spiro atoms. The first kappa shape index (κ1) is 18.9. The average Bonchev–Trinajstić information content (AvgIpc) is 2.74. The molecule has 0 fully saturated rings. The highest BCUT2D eigenvalue weighted by Crippen LogP contribution is 2.39. The molecule has 0 aliphatic heterocycles. The second kappa shape index (κ2) is 8.66. The summed E-state index contributed by atoms with van der Waals surface area (Å²) in [7, 11) is 1.52. The Hall–Kier alpha value is -3.90. The molecule has 3 N–H and O–H groups in total. The van der Waals surface area contributed by atoms with Gasteiger partial charge in [-0.15, -0.1) is 0 Å². The Kier molecular flexibility index (Phi) is 5.84. The molecule has 1 aromatic carbocycles. The Balaban J connectivity index is 2.05. The Morgan fingerprint density at radius 1 is 1.18 bits per heavy atom. The normalized spacial score (nSPS) is 10.2. The van der Waals surface area contributed by atoms with Gasteiger partial charge in [0.05, 0.1) is 13.7 Å². The number of aliphatic hydroxyl groups is 1. The van der Waals surface area contributed by atoms with E-state index in [2.05, 4.69) is 15.0 Å². The van der Waals surface area contributed by atoms with E-state index in [9.17, 15) is 0 Å². The van der Waals surface area contributed by atoms with Crippen molar-refractivity contribution < 1.29 is 19.3 Å². The molecule has 3 rings (SSSR count). The Morgan fingerprint density at radius 3 is 2.68 bits per heavy atom. The lowest BCUT2D eigenvalue weighted by Gasteiger charge is -2.15. The first-order valence-electron chi connectivity index (χ1n) is 8.24. The van der Waals surface area contributed by atoms with Crippen LogP contribution in [0.3, 0.4) is 0 Å². The van der Waals surface area contributed by atoms with E-state index in [1.54, 1.807) is 30.3 Å². The third-order valence-corrected chi connectivity index (χ3v) is 3.60. The lowest BCUT2D eigenvalue weighted by atomic mass is 10.2.